The van der Waals surface area contributed by atoms with Gasteiger partial charge in [-0.2, -0.15) is 0 Å². The molecule has 0 N–H and O–H groups in total. The van der Waals surface area contributed by atoms with Crippen LogP contribution in [0.15, 0.2) is 85.1 Å². The quantitative estimate of drug-likeness (QED) is 0.0280. The average molecular weight is 723 g/mol. The predicted octanol–water partition coefficient (Wildman–Crippen LogP) is 12.9. The Balaban J connectivity index is 4.49. The zero-order chi connectivity index (χ0) is 38.0. The van der Waals surface area contributed by atoms with Crippen molar-refractivity contribution >= 4 is 17.9 Å². The van der Waals surface area contributed by atoms with E-state index < -0.39 is 12.1 Å². The molecule has 0 aliphatic carbocycles. The summed E-state index contributed by atoms with van der Waals surface area (Å²) >= 11 is 0. The maximum absolute atomic E-state index is 12.6. The lowest BCUT2D eigenvalue weighted by molar-refractivity contribution is -0.166. The van der Waals surface area contributed by atoms with Crippen LogP contribution in [0.2, 0.25) is 0 Å². The monoisotopic (exact) mass is 723 g/mol. The average Bonchev–Trinajstić information content (AvgIpc) is 3.14. The highest BCUT2D eigenvalue weighted by molar-refractivity contribution is 5.72. The summed E-state index contributed by atoms with van der Waals surface area (Å²) in [6.45, 7) is 6.25. The molecule has 0 spiro atoms. The standard InChI is InChI=1S/C46H74O6/c1-4-7-10-13-16-18-20-22-23-25-26-28-30-33-36-39-45(48)51-42-43(41-50-44(47)38-35-32-15-12-9-6-3)52-46(49)40-37-34-31-29-27-24-21-19-17-14-11-8-5-2/h7,10-11,14,16,18-19,21-23,26,28,33,36,43H,4-6,8-9,12-13,15,17,20,24-25,27,29-32,34-35,37-42H2,1-3H3/b10-7-,14-11-,18-16-,21-19-,23-22-,28-26-,36-33-. The fourth-order valence-electron chi connectivity index (χ4n) is 5.08. The Labute approximate surface area is 318 Å². The Morgan fingerprint density at radius 1 is 0.423 bits per heavy atom. The van der Waals surface area contributed by atoms with Gasteiger partial charge in [0.1, 0.15) is 13.2 Å². The van der Waals surface area contributed by atoms with Crippen molar-refractivity contribution in [3.05, 3.63) is 85.1 Å². The zero-order valence-corrected chi connectivity index (χ0v) is 33.3. The lowest BCUT2D eigenvalue weighted by Crippen LogP contribution is -2.30. The molecule has 1 atom stereocenters. The van der Waals surface area contributed by atoms with E-state index >= 15 is 0 Å². The molecule has 0 aliphatic heterocycles. The molecule has 1 unspecified atom stereocenters. The topological polar surface area (TPSA) is 78.9 Å². The summed E-state index contributed by atoms with van der Waals surface area (Å²) < 4.78 is 16.5. The number of carbonyl (C=O) groups excluding carboxylic acids is 3. The molecule has 0 saturated heterocycles. The van der Waals surface area contributed by atoms with Gasteiger partial charge < -0.3 is 14.2 Å². The number of hydrogen-bond acceptors (Lipinski definition) is 6. The Hall–Kier alpha value is -3.41. The van der Waals surface area contributed by atoms with Gasteiger partial charge in [0.05, 0.1) is 6.42 Å². The van der Waals surface area contributed by atoms with E-state index in [4.69, 9.17) is 14.2 Å². The van der Waals surface area contributed by atoms with Crippen molar-refractivity contribution in [2.24, 2.45) is 0 Å². The van der Waals surface area contributed by atoms with Crippen LogP contribution in [0.3, 0.4) is 0 Å². The van der Waals surface area contributed by atoms with Crippen LogP contribution in [-0.4, -0.2) is 37.2 Å². The van der Waals surface area contributed by atoms with Gasteiger partial charge >= 0.3 is 17.9 Å². The summed E-state index contributed by atoms with van der Waals surface area (Å²) in [5.41, 5.74) is 0. The first-order chi connectivity index (χ1) is 25.5. The van der Waals surface area contributed by atoms with E-state index in [-0.39, 0.29) is 31.6 Å². The number of rotatable bonds is 35. The van der Waals surface area contributed by atoms with Gasteiger partial charge in [-0.25, -0.2) is 0 Å². The molecule has 0 heterocycles. The largest absolute Gasteiger partial charge is 0.462 e. The van der Waals surface area contributed by atoms with Gasteiger partial charge in [-0.3, -0.25) is 14.4 Å². The van der Waals surface area contributed by atoms with E-state index in [9.17, 15) is 14.4 Å². The fraction of sp³-hybridized carbons (Fsp3) is 0.630. The van der Waals surface area contributed by atoms with Crippen LogP contribution < -0.4 is 0 Å². The smallest absolute Gasteiger partial charge is 0.309 e. The molecule has 0 saturated carbocycles. The second-order valence-electron chi connectivity index (χ2n) is 13.2. The van der Waals surface area contributed by atoms with Gasteiger partial charge in [0.2, 0.25) is 0 Å². The lowest BCUT2D eigenvalue weighted by Gasteiger charge is -2.18. The number of esters is 3. The third-order valence-electron chi connectivity index (χ3n) is 8.15. The molecule has 0 bridgehead atoms. The fourth-order valence-corrected chi connectivity index (χ4v) is 5.08. The second kappa shape index (κ2) is 40.4. The number of allylic oxidation sites excluding steroid dienone is 13. The number of unbranched alkanes of at least 4 members (excludes halogenated alkanes) is 11. The Morgan fingerprint density at radius 3 is 1.42 bits per heavy atom. The predicted molar refractivity (Wildman–Crippen MR) is 219 cm³/mol. The first-order valence-electron chi connectivity index (χ1n) is 20.6. The number of carbonyl (C=O) groups is 3. The van der Waals surface area contributed by atoms with E-state index in [2.05, 4.69) is 93.7 Å². The molecule has 0 fully saturated rings. The van der Waals surface area contributed by atoms with Crippen LogP contribution in [0, 0.1) is 0 Å². The van der Waals surface area contributed by atoms with E-state index in [1.807, 2.05) is 6.08 Å². The van der Waals surface area contributed by atoms with Crippen molar-refractivity contribution in [3.8, 4) is 0 Å². The van der Waals surface area contributed by atoms with E-state index in [0.29, 0.717) is 12.8 Å². The minimum Gasteiger partial charge on any atom is -0.462 e. The number of ether oxygens (including phenoxy) is 3. The summed E-state index contributed by atoms with van der Waals surface area (Å²) in [5, 5.41) is 0. The second-order valence-corrected chi connectivity index (χ2v) is 13.2. The van der Waals surface area contributed by atoms with Gasteiger partial charge in [-0.05, 0) is 70.6 Å². The minimum atomic E-state index is -0.818. The molecule has 294 valence electrons. The summed E-state index contributed by atoms with van der Waals surface area (Å²) in [5.74, 6) is -1.09. The summed E-state index contributed by atoms with van der Waals surface area (Å²) in [7, 11) is 0. The van der Waals surface area contributed by atoms with Crippen molar-refractivity contribution in [2.75, 3.05) is 13.2 Å². The third kappa shape index (κ3) is 37.8. The van der Waals surface area contributed by atoms with Crippen molar-refractivity contribution in [3.63, 3.8) is 0 Å². The molecular weight excluding hydrogens is 648 g/mol. The molecule has 0 aromatic carbocycles. The van der Waals surface area contributed by atoms with Crippen LogP contribution in [0.4, 0.5) is 0 Å². The molecular formula is C46H74O6. The van der Waals surface area contributed by atoms with Crippen molar-refractivity contribution in [1.82, 2.24) is 0 Å². The van der Waals surface area contributed by atoms with Gasteiger partial charge in [-0.1, -0.05) is 164 Å². The maximum atomic E-state index is 12.6. The van der Waals surface area contributed by atoms with Crippen molar-refractivity contribution in [1.29, 1.82) is 0 Å². The lowest BCUT2D eigenvalue weighted by atomic mass is 10.1. The van der Waals surface area contributed by atoms with Crippen LogP contribution in [0.1, 0.15) is 168 Å². The number of hydrogen-bond donors (Lipinski definition) is 0. The minimum absolute atomic E-state index is 0.114. The highest BCUT2D eigenvalue weighted by Crippen LogP contribution is 2.11. The van der Waals surface area contributed by atoms with E-state index in [1.165, 1.54) is 25.7 Å². The highest BCUT2D eigenvalue weighted by atomic mass is 16.6. The summed E-state index contributed by atoms with van der Waals surface area (Å²) in [4.78, 5) is 37.4. The van der Waals surface area contributed by atoms with Crippen LogP contribution >= 0.6 is 0 Å². The van der Waals surface area contributed by atoms with Gasteiger partial charge in [-0.15, -0.1) is 0 Å². The first-order valence-corrected chi connectivity index (χ1v) is 20.6. The summed E-state index contributed by atoms with van der Waals surface area (Å²) in [6, 6.07) is 0. The van der Waals surface area contributed by atoms with Gasteiger partial charge in [0.15, 0.2) is 6.10 Å². The Morgan fingerprint density at radius 2 is 0.865 bits per heavy atom. The first kappa shape index (κ1) is 48.6. The Kier molecular flexibility index (Phi) is 37.7. The van der Waals surface area contributed by atoms with E-state index in [0.717, 1.165) is 103 Å². The maximum Gasteiger partial charge on any atom is 0.309 e. The SMILES string of the molecule is CC/C=C\C/C=C\C/C=C\C/C=C\C/C=C\CC(=O)OCC(COC(=O)CCCCCCCC)OC(=O)CCCCCCC/C=C\C/C=C\CCC. The zero-order valence-electron chi connectivity index (χ0n) is 33.3. The van der Waals surface area contributed by atoms with Gasteiger partial charge in [0, 0.05) is 12.8 Å². The normalized spacial score (nSPS) is 12.9. The third-order valence-corrected chi connectivity index (χ3v) is 8.15. The molecule has 0 amide bonds. The van der Waals surface area contributed by atoms with Crippen LogP contribution in [0.5, 0.6) is 0 Å². The van der Waals surface area contributed by atoms with Gasteiger partial charge in [0.25, 0.3) is 0 Å². The molecule has 0 aromatic rings. The summed E-state index contributed by atoms with van der Waals surface area (Å²) in [6.07, 6.45) is 50.4. The molecule has 6 nitrogen and oxygen atoms in total. The molecule has 0 radical (unpaired) electrons. The molecule has 0 aliphatic rings. The highest BCUT2D eigenvalue weighted by Gasteiger charge is 2.19. The van der Waals surface area contributed by atoms with Crippen molar-refractivity contribution < 1.29 is 28.6 Å². The molecule has 52 heavy (non-hydrogen) atoms. The molecule has 6 heteroatoms. The van der Waals surface area contributed by atoms with Crippen LogP contribution in [0.25, 0.3) is 0 Å². The van der Waals surface area contributed by atoms with Crippen molar-refractivity contribution in [2.45, 2.75) is 175 Å². The molecule has 0 aromatic heterocycles. The van der Waals surface area contributed by atoms with Crippen LogP contribution in [-0.2, 0) is 28.6 Å². The molecule has 0 rings (SSSR count). The van der Waals surface area contributed by atoms with E-state index in [1.54, 1.807) is 6.08 Å². The Bertz CT molecular complexity index is 1060.